The third kappa shape index (κ3) is 6.39. The SMILES string of the molecule is CC(C)CCS(=O)CCC(=O)Nc1ccc(Cl)c(N)c1. The van der Waals surface area contributed by atoms with E-state index in [0.29, 0.717) is 33.8 Å². The lowest BCUT2D eigenvalue weighted by atomic mass is 10.2. The van der Waals surface area contributed by atoms with E-state index >= 15 is 0 Å². The highest BCUT2D eigenvalue weighted by Crippen LogP contribution is 2.22. The van der Waals surface area contributed by atoms with Gasteiger partial charge in [0.2, 0.25) is 5.91 Å². The predicted molar refractivity (Wildman–Crippen MR) is 86.4 cm³/mol. The molecule has 1 amide bonds. The van der Waals surface area contributed by atoms with Crippen LogP contribution in [0.25, 0.3) is 0 Å². The lowest BCUT2D eigenvalue weighted by Gasteiger charge is -2.07. The molecule has 0 aromatic heterocycles. The molecule has 1 unspecified atom stereocenters. The maximum atomic E-state index is 11.7. The van der Waals surface area contributed by atoms with Gasteiger partial charge in [0.05, 0.1) is 10.7 Å². The van der Waals surface area contributed by atoms with E-state index in [-0.39, 0.29) is 12.3 Å². The van der Waals surface area contributed by atoms with Gasteiger partial charge >= 0.3 is 0 Å². The molecule has 6 heteroatoms. The van der Waals surface area contributed by atoms with Gasteiger partial charge in [0.15, 0.2) is 0 Å². The first-order valence-corrected chi connectivity index (χ1v) is 8.45. The summed E-state index contributed by atoms with van der Waals surface area (Å²) in [6, 6.07) is 4.93. The number of nitrogen functional groups attached to an aromatic ring is 1. The van der Waals surface area contributed by atoms with Gasteiger partial charge < -0.3 is 11.1 Å². The Morgan fingerprint density at radius 1 is 1.40 bits per heavy atom. The number of nitrogens with two attached hydrogens (primary N) is 1. The number of hydrogen-bond acceptors (Lipinski definition) is 3. The van der Waals surface area contributed by atoms with Gasteiger partial charge in [-0.25, -0.2) is 0 Å². The van der Waals surface area contributed by atoms with Crippen molar-refractivity contribution >= 4 is 39.7 Å². The van der Waals surface area contributed by atoms with Crippen LogP contribution in [-0.4, -0.2) is 21.6 Å². The molecule has 1 rings (SSSR count). The van der Waals surface area contributed by atoms with Crippen LogP contribution in [-0.2, 0) is 15.6 Å². The normalized spacial score (nSPS) is 12.4. The second-order valence-corrected chi connectivity index (χ2v) is 7.17. The Hall–Kier alpha value is -1.07. The van der Waals surface area contributed by atoms with Crippen molar-refractivity contribution in [1.82, 2.24) is 0 Å². The first kappa shape index (κ1) is 17.0. The molecule has 0 heterocycles. The maximum absolute atomic E-state index is 11.7. The molecule has 0 radical (unpaired) electrons. The minimum Gasteiger partial charge on any atom is -0.397 e. The molecule has 0 bridgehead atoms. The number of hydrogen-bond donors (Lipinski definition) is 2. The molecule has 0 saturated carbocycles. The molecule has 1 aromatic carbocycles. The van der Waals surface area contributed by atoms with E-state index in [1.165, 1.54) is 0 Å². The van der Waals surface area contributed by atoms with Gasteiger partial charge in [-0.05, 0) is 30.5 Å². The summed E-state index contributed by atoms with van der Waals surface area (Å²) in [5.41, 5.74) is 6.68. The van der Waals surface area contributed by atoms with Gasteiger partial charge in [-0.3, -0.25) is 9.00 Å². The fourth-order valence-electron chi connectivity index (χ4n) is 1.52. The number of nitrogens with one attached hydrogen (secondary N) is 1. The zero-order chi connectivity index (χ0) is 15.1. The number of amides is 1. The van der Waals surface area contributed by atoms with Crippen LogP contribution in [0.1, 0.15) is 26.7 Å². The number of benzene rings is 1. The van der Waals surface area contributed by atoms with Crippen molar-refractivity contribution in [1.29, 1.82) is 0 Å². The first-order chi connectivity index (χ1) is 9.38. The van der Waals surface area contributed by atoms with E-state index in [9.17, 15) is 9.00 Å². The Morgan fingerprint density at radius 2 is 2.10 bits per heavy atom. The molecule has 0 aliphatic carbocycles. The Bertz CT molecular complexity index is 492. The summed E-state index contributed by atoms with van der Waals surface area (Å²) in [6.07, 6.45) is 1.16. The smallest absolute Gasteiger partial charge is 0.225 e. The van der Waals surface area contributed by atoms with Crippen LogP contribution < -0.4 is 11.1 Å². The molecule has 1 atom stereocenters. The monoisotopic (exact) mass is 316 g/mol. The fraction of sp³-hybridized carbons (Fsp3) is 0.500. The zero-order valence-corrected chi connectivity index (χ0v) is 13.4. The van der Waals surface area contributed by atoms with E-state index in [1.807, 2.05) is 0 Å². The summed E-state index contributed by atoms with van der Waals surface area (Å²) in [7, 11) is -0.934. The van der Waals surface area contributed by atoms with Gasteiger partial charge in [-0.2, -0.15) is 0 Å². The molecule has 0 saturated heterocycles. The summed E-state index contributed by atoms with van der Waals surface area (Å²) in [5, 5.41) is 3.17. The predicted octanol–water partition coefficient (Wildman–Crippen LogP) is 3.05. The molecule has 0 spiro atoms. The van der Waals surface area contributed by atoms with Crippen LogP contribution in [0.15, 0.2) is 18.2 Å². The summed E-state index contributed by atoms with van der Waals surface area (Å²) in [5.74, 6) is 1.41. The minimum atomic E-state index is -0.934. The fourth-order valence-corrected chi connectivity index (χ4v) is 2.99. The van der Waals surface area contributed by atoms with Gasteiger partial charge in [0.25, 0.3) is 0 Å². The van der Waals surface area contributed by atoms with Crippen LogP contribution in [0.4, 0.5) is 11.4 Å². The summed E-state index contributed by atoms with van der Waals surface area (Å²) in [6.45, 7) is 4.18. The highest BCUT2D eigenvalue weighted by Gasteiger charge is 2.08. The molecule has 1 aromatic rings. The van der Waals surface area contributed by atoms with Crippen molar-refractivity contribution in [3.05, 3.63) is 23.2 Å². The Balaban J connectivity index is 2.36. The molecule has 3 N–H and O–H groups in total. The first-order valence-electron chi connectivity index (χ1n) is 6.58. The molecular formula is C14H21ClN2O2S. The van der Waals surface area contributed by atoms with Crippen molar-refractivity contribution in [2.45, 2.75) is 26.7 Å². The highest BCUT2D eigenvalue weighted by atomic mass is 35.5. The van der Waals surface area contributed by atoms with Crippen molar-refractivity contribution in [2.24, 2.45) is 5.92 Å². The van der Waals surface area contributed by atoms with Crippen molar-refractivity contribution in [3.8, 4) is 0 Å². The Morgan fingerprint density at radius 3 is 2.70 bits per heavy atom. The standard InChI is InChI=1S/C14H21ClN2O2S/c1-10(2)5-7-20(19)8-6-14(18)17-11-3-4-12(15)13(16)9-11/h3-4,9-10H,5-8,16H2,1-2H3,(H,17,18). The summed E-state index contributed by atoms with van der Waals surface area (Å²) >= 11 is 5.80. The lowest BCUT2D eigenvalue weighted by Crippen LogP contribution is -2.16. The Kier molecular flexibility index (Phi) is 7.02. The van der Waals surface area contributed by atoms with Gasteiger partial charge in [-0.1, -0.05) is 25.4 Å². The average molecular weight is 317 g/mol. The molecule has 20 heavy (non-hydrogen) atoms. The maximum Gasteiger partial charge on any atom is 0.225 e. The number of halogens is 1. The van der Waals surface area contributed by atoms with E-state index < -0.39 is 10.8 Å². The molecule has 0 aliphatic heterocycles. The molecule has 4 nitrogen and oxygen atoms in total. The summed E-state index contributed by atoms with van der Waals surface area (Å²) < 4.78 is 11.7. The summed E-state index contributed by atoms with van der Waals surface area (Å²) in [4.78, 5) is 11.7. The molecule has 0 fully saturated rings. The topological polar surface area (TPSA) is 72.2 Å². The second kappa shape index (κ2) is 8.27. The second-order valence-electron chi connectivity index (χ2n) is 5.07. The highest BCUT2D eigenvalue weighted by molar-refractivity contribution is 7.84. The number of anilines is 2. The molecule has 112 valence electrons. The van der Waals surface area contributed by atoms with E-state index in [1.54, 1.807) is 18.2 Å². The van der Waals surface area contributed by atoms with Crippen LogP contribution >= 0.6 is 11.6 Å². The van der Waals surface area contributed by atoms with E-state index in [2.05, 4.69) is 19.2 Å². The van der Waals surface area contributed by atoms with Crippen LogP contribution in [0.2, 0.25) is 5.02 Å². The number of rotatable bonds is 7. The molecular weight excluding hydrogens is 296 g/mol. The number of carbonyl (C=O) groups is 1. The van der Waals surface area contributed by atoms with Crippen LogP contribution in [0.3, 0.4) is 0 Å². The van der Waals surface area contributed by atoms with Crippen molar-refractivity contribution < 1.29 is 9.00 Å². The van der Waals surface area contributed by atoms with Crippen molar-refractivity contribution in [3.63, 3.8) is 0 Å². The van der Waals surface area contributed by atoms with E-state index in [0.717, 1.165) is 6.42 Å². The van der Waals surface area contributed by atoms with Crippen molar-refractivity contribution in [2.75, 3.05) is 22.6 Å². The lowest BCUT2D eigenvalue weighted by molar-refractivity contribution is -0.115. The minimum absolute atomic E-state index is 0.162. The number of carbonyl (C=O) groups excluding carboxylic acids is 1. The van der Waals surface area contributed by atoms with Crippen LogP contribution in [0.5, 0.6) is 0 Å². The largest absolute Gasteiger partial charge is 0.397 e. The average Bonchev–Trinajstić information content (AvgIpc) is 2.38. The van der Waals surface area contributed by atoms with Crippen LogP contribution in [0, 0.1) is 5.92 Å². The van der Waals surface area contributed by atoms with Gasteiger partial charge in [0, 0.05) is 34.4 Å². The third-order valence-corrected chi connectivity index (χ3v) is 4.45. The third-order valence-electron chi connectivity index (χ3n) is 2.76. The van der Waals surface area contributed by atoms with E-state index in [4.69, 9.17) is 17.3 Å². The zero-order valence-electron chi connectivity index (χ0n) is 11.8. The quantitative estimate of drug-likeness (QED) is 0.759. The Labute approximate surface area is 127 Å². The molecule has 0 aliphatic rings. The van der Waals surface area contributed by atoms with Gasteiger partial charge in [-0.15, -0.1) is 0 Å². The van der Waals surface area contributed by atoms with Gasteiger partial charge in [0.1, 0.15) is 0 Å².